The zero-order chi connectivity index (χ0) is 29.0. The highest BCUT2D eigenvalue weighted by molar-refractivity contribution is 9.10. The third-order valence-corrected chi connectivity index (χ3v) is 9.23. The quantitative estimate of drug-likeness (QED) is 0.214. The predicted molar refractivity (Wildman–Crippen MR) is 173 cm³/mol. The molecule has 4 heterocycles. The average Bonchev–Trinajstić information content (AvgIpc) is 3.76. The van der Waals surface area contributed by atoms with Crippen LogP contribution in [0.5, 0.6) is 5.75 Å². The number of hydrogen-bond acceptors (Lipinski definition) is 6. The van der Waals surface area contributed by atoms with Crippen LogP contribution in [0.4, 0.5) is 4.79 Å². The van der Waals surface area contributed by atoms with E-state index >= 15 is 0 Å². The summed E-state index contributed by atoms with van der Waals surface area (Å²) in [7, 11) is 0. The van der Waals surface area contributed by atoms with Crippen molar-refractivity contribution in [3.8, 4) is 22.7 Å². The molecule has 1 fully saturated rings. The maximum Gasteiger partial charge on any atom is 0.314 e. The Labute approximate surface area is 261 Å². The molecule has 0 saturated carbocycles. The second-order valence-corrected chi connectivity index (χ2v) is 12.4. The molecule has 1 saturated heterocycles. The van der Waals surface area contributed by atoms with E-state index in [0.29, 0.717) is 17.1 Å². The van der Waals surface area contributed by atoms with E-state index in [9.17, 15) is 4.79 Å². The molecule has 2 unspecified atom stereocenters. The van der Waals surface area contributed by atoms with Crippen LogP contribution in [0.15, 0.2) is 130 Å². The highest BCUT2D eigenvalue weighted by atomic mass is 79.9. The highest BCUT2D eigenvalue weighted by Crippen LogP contribution is 2.53. The second-order valence-electron chi connectivity index (χ2n) is 10.5. The van der Waals surface area contributed by atoms with Crippen LogP contribution in [0, 0.1) is 0 Å². The Morgan fingerprint density at radius 2 is 1.63 bits per heavy atom. The van der Waals surface area contributed by atoms with Gasteiger partial charge >= 0.3 is 5.85 Å². The Balaban J connectivity index is 1.31. The Kier molecular flexibility index (Phi) is 6.24. The maximum atomic E-state index is 13.2. The number of nitrogens with zero attached hydrogens (tertiary/aromatic N) is 4. The number of para-hydroxylation sites is 1. The molecule has 5 aromatic rings. The lowest BCUT2D eigenvalue weighted by atomic mass is 9.95. The molecule has 0 aliphatic carbocycles. The number of rotatable bonds is 4. The van der Waals surface area contributed by atoms with Gasteiger partial charge in [0.1, 0.15) is 5.75 Å². The molecule has 9 heteroatoms. The number of aromatic nitrogens is 2. The minimum absolute atomic E-state index is 0.139. The number of benzene rings is 4. The van der Waals surface area contributed by atoms with Crippen molar-refractivity contribution in [2.24, 2.45) is 5.10 Å². The summed E-state index contributed by atoms with van der Waals surface area (Å²) in [5.74, 6) is -0.599. The third-order valence-electron chi connectivity index (χ3n) is 7.83. The van der Waals surface area contributed by atoms with Gasteiger partial charge in [-0.25, -0.2) is 9.69 Å². The molecule has 210 valence electrons. The fourth-order valence-electron chi connectivity index (χ4n) is 5.86. The van der Waals surface area contributed by atoms with Crippen LogP contribution in [-0.4, -0.2) is 31.6 Å². The summed E-state index contributed by atoms with van der Waals surface area (Å²) < 4.78 is 9.60. The van der Waals surface area contributed by atoms with Gasteiger partial charge in [0.15, 0.2) is 0 Å². The summed E-state index contributed by atoms with van der Waals surface area (Å²) in [6, 6.07) is 36.1. The fraction of sp³-hybridized carbons (Fsp3) is 0.0882. The summed E-state index contributed by atoms with van der Waals surface area (Å²) in [6.45, 7) is 0. The van der Waals surface area contributed by atoms with Crippen LogP contribution in [0.25, 0.3) is 23.0 Å². The van der Waals surface area contributed by atoms with Gasteiger partial charge in [-0.05, 0) is 53.7 Å². The van der Waals surface area contributed by atoms with Crippen molar-refractivity contribution in [3.63, 3.8) is 0 Å². The van der Waals surface area contributed by atoms with Crippen molar-refractivity contribution < 1.29 is 9.53 Å². The minimum Gasteiger partial charge on any atom is -0.444 e. The zero-order valence-corrected chi connectivity index (χ0v) is 25.1. The van der Waals surface area contributed by atoms with E-state index < -0.39 is 5.85 Å². The van der Waals surface area contributed by atoms with E-state index in [4.69, 9.17) is 14.9 Å². The lowest BCUT2D eigenvalue weighted by Crippen LogP contribution is -2.61. The molecule has 3 aliphatic rings. The Morgan fingerprint density at radius 1 is 0.930 bits per heavy atom. The molecule has 2 atom stereocenters. The molecule has 4 aromatic carbocycles. The third kappa shape index (κ3) is 4.47. The lowest BCUT2D eigenvalue weighted by Gasteiger charge is -2.45. The molecule has 1 spiro atoms. The Hall–Kier alpha value is -4.60. The number of thioether (sulfide) groups is 1. The van der Waals surface area contributed by atoms with E-state index in [1.54, 1.807) is 0 Å². The Morgan fingerprint density at radius 3 is 2.37 bits per heavy atom. The first-order chi connectivity index (χ1) is 21.1. The maximum absolute atomic E-state index is 13.2. The molecule has 0 bridgehead atoms. The van der Waals surface area contributed by atoms with Crippen molar-refractivity contribution >= 4 is 44.7 Å². The second kappa shape index (κ2) is 10.3. The van der Waals surface area contributed by atoms with Crippen molar-refractivity contribution in [1.29, 1.82) is 0 Å². The van der Waals surface area contributed by atoms with Gasteiger partial charge in [-0.2, -0.15) is 10.2 Å². The van der Waals surface area contributed by atoms with E-state index in [-0.39, 0.29) is 11.3 Å². The number of carbonyl (C=O) groups is 1. The molecule has 43 heavy (non-hydrogen) atoms. The number of amides is 1. The number of ether oxygens (including phenoxy) is 1. The van der Waals surface area contributed by atoms with Gasteiger partial charge in [-0.3, -0.25) is 10.1 Å². The highest BCUT2D eigenvalue weighted by Gasteiger charge is 2.58. The molecule has 1 N–H and O–H groups in total. The normalized spacial score (nSPS) is 21.4. The lowest BCUT2D eigenvalue weighted by molar-refractivity contribution is -0.0949. The van der Waals surface area contributed by atoms with Gasteiger partial charge in [0, 0.05) is 33.8 Å². The Bertz CT molecular complexity index is 1930. The summed E-state index contributed by atoms with van der Waals surface area (Å²) in [5.41, 5.74) is 6.58. The first-order valence-corrected chi connectivity index (χ1v) is 15.5. The van der Waals surface area contributed by atoms with Crippen LogP contribution in [0.3, 0.4) is 0 Å². The largest absolute Gasteiger partial charge is 0.444 e. The molecule has 1 aromatic heterocycles. The van der Waals surface area contributed by atoms with E-state index in [1.807, 2.05) is 113 Å². The monoisotopic (exact) mass is 645 g/mol. The van der Waals surface area contributed by atoms with Crippen molar-refractivity contribution in [2.75, 3.05) is 0 Å². The van der Waals surface area contributed by atoms with Crippen LogP contribution < -0.4 is 10.1 Å². The number of hydrazone groups is 1. The number of fused-ring (bicyclic) bond motifs is 4. The minimum atomic E-state index is -1.31. The molecule has 8 rings (SSSR count). The van der Waals surface area contributed by atoms with E-state index in [0.717, 1.165) is 55.6 Å². The smallest absolute Gasteiger partial charge is 0.314 e. The number of carbonyl (C=O) groups excluding carboxylic acids is 1. The van der Waals surface area contributed by atoms with Gasteiger partial charge < -0.3 is 4.74 Å². The van der Waals surface area contributed by atoms with Gasteiger partial charge in [0.25, 0.3) is 5.24 Å². The van der Waals surface area contributed by atoms with Gasteiger partial charge in [-0.1, -0.05) is 94.8 Å². The molecule has 3 aliphatic heterocycles. The van der Waals surface area contributed by atoms with Gasteiger partial charge in [-0.15, -0.1) is 0 Å². The topological polar surface area (TPSA) is 71.8 Å². The standard InChI is InChI=1S/C34H24BrN5O2S/c35-25-16-17-30-27(19-25)29-20-28(22-10-4-1-5-11-22)37-40(29)34(42-30)31(43-33(41)36-34)18-24-21-39(26-14-8-3-9-15-26)38-32(24)23-12-6-2-7-13-23/h1-19,21,29H,20H2,(H,36,41). The summed E-state index contributed by atoms with van der Waals surface area (Å²) >= 11 is 4.76. The average molecular weight is 647 g/mol. The zero-order valence-electron chi connectivity index (χ0n) is 22.7. The van der Waals surface area contributed by atoms with Crippen molar-refractivity contribution in [2.45, 2.75) is 18.3 Å². The number of hydrogen-bond donors (Lipinski definition) is 1. The summed E-state index contributed by atoms with van der Waals surface area (Å²) in [5, 5.41) is 15.0. The first kappa shape index (κ1) is 26.1. The van der Waals surface area contributed by atoms with Gasteiger partial charge in [0.2, 0.25) is 0 Å². The summed E-state index contributed by atoms with van der Waals surface area (Å²) in [4.78, 5) is 13.9. The SMILES string of the molecule is O=C1NC2(Oc3ccc(Br)cc3C3CC(c4ccccc4)=NN32)C(=Cc2cn(-c3ccccc3)nc2-c2ccccc2)S1. The first-order valence-electron chi connectivity index (χ1n) is 13.9. The molecule has 1 amide bonds. The van der Waals surface area contributed by atoms with Crippen molar-refractivity contribution in [1.82, 2.24) is 20.1 Å². The molecular weight excluding hydrogens is 622 g/mol. The van der Waals surface area contributed by atoms with Crippen molar-refractivity contribution in [3.05, 3.63) is 141 Å². The molecule has 7 nitrogen and oxygen atoms in total. The number of nitrogens with one attached hydrogen (secondary N) is 1. The van der Waals surface area contributed by atoms with Crippen LogP contribution in [-0.2, 0) is 0 Å². The molecule has 0 radical (unpaired) electrons. The molecular formula is C34H24BrN5O2S. The summed E-state index contributed by atoms with van der Waals surface area (Å²) in [6.07, 6.45) is 4.68. The van der Waals surface area contributed by atoms with Gasteiger partial charge in [0.05, 0.1) is 28.0 Å². The number of halogens is 1. The van der Waals surface area contributed by atoms with Crippen LogP contribution in [0.1, 0.15) is 29.2 Å². The van der Waals surface area contributed by atoms with Crippen LogP contribution >= 0.6 is 27.7 Å². The predicted octanol–water partition coefficient (Wildman–Crippen LogP) is 8.00. The van der Waals surface area contributed by atoms with E-state index in [2.05, 4.69) is 39.4 Å². The van der Waals surface area contributed by atoms with E-state index in [1.165, 1.54) is 0 Å². The van der Waals surface area contributed by atoms with Crippen LogP contribution in [0.2, 0.25) is 0 Å². The fourth-order valence-corrected chi connectivity index (χ4v) is 7.14.